The van der Waals surface area contributed by atoms with Crippen LogP contribution < -0.4 is 0 Å². The fourth-order valence-electron chi connectivity index (χ4n) is 13.7. The summed E-state index contributed by atoms with van der Waals surface area (Å²) in [7, 11) is 0. The van der Waals surface area contributed by atoms with Crippen molar-refractivity contribution in [2.75, 3.05) is 0 Å². The van der Waals surface area contributed by atoms with Crippen LogP contribution in [0.2, 0.25) is 0 Å². The largest absolute Gasteiger partial charge is 3.00 e. The van der Waals surface area contributed by atoms with Gasteiger partial charge in [0, 0.05) is 37.2 Å². The maximum absolute atomic E-state index is 4.65. The molecule has 0 spiro atoms. The van der Waals surface area contributed by atoms with E-state index in [1.807, 2.05) is 104 Å². The van der Waals surface area contributed by atoms with Gasteiger partial charge in [0.1, 0.15) is 0 Å². The molecule has 0 saturated heterocycles. The monoisotopic (exact) mass is 1590 g/mol. The van der Waals surface area contributed by atoms with Gasteiger partial charge in [0.25, 0.3) is 0 Å². The molecule has 0 unspecified atom stereocenters. The Balaban J connectivity index is 0.00000435. The molecule has 0 radical (unpaired) electrons. The molecule has 104 heavy (non-hydrogen) atoms. The van der Waals surface area contributed by atoms with E-state index >= 15 is 0 Å². The third-order valence-electron chi connectivity index (χ3n) is 18.6. The van der Waals surface area contributed by atoms with Gasteiger partial charge in [-0.15, -0.1) is 119 Å². The van der Waals surface area contributed by atoms with Crippen molar-refractivity contribution in [3.05, 3.63) is 389 Å². The van der Waals surface area contributed by atoms with Crippen LogP contribution >= 0.6 is 0 Å². The molecule has 5 aromatic heterocycles. The molecule has 0 fully saturated rings. The fourth-order valence-corrected chi connectivity index (χ4v) is 13.7. The molecule has 17 aromatic rings. The van der Waals surface area contributed by atoms with Crippen LogP contribution in [0.1, 0.15) is 0 Å². The minimum atomic E-state index is 0. The SMILES string of the molecule is [Ir+3].[Rh+3].[c-]1cc(-c2c(-c3cc(-c4ccccc4-c4c[c-]c(-c5ccccn5)cc4)cc(-c4ccccc4-c4c[c-]c(-c5ccccn5)cc4)c3)cccc2-c2cc(-c3ccccc3-c3c[c-]c(-c4ccccn4)cc3)cc(-c3ccccc3-c3c[c-]c(-c4ccccn4)cc3)c2)c[c-]c1-c1ncccn1. The van der Waals surface area contributed by atoms with Crippen LogP contribution in [0.5, 0.6) is 0 Å². The Labute approximate surface area is 632 Å². The maximum Gasteiger partial charge on any atom is 3.00 e. The van der Waals surface area contributed by atoms with Gasteiger partial charge in [-0.05, 0) is 162 Å². The third-order valence-corrected chi connectivity index (χ3v) is 18.6. The van der Waals surface area contributed by atoms with E-state index in [-0.39, 0.29) is 39.6 Å². The molecule has 0 atom stereocenters. The minimum Gasteiger partial charge on any atom is -0.333 e. The van der Waals surface area contributed by atoms with Gasteiger partial charge in [-0.1, -0.05) is 214 Å². The van der Waals surface area contributed by atoms with Gasteiger partial charge in [0.15, 0.2) is 0 Å². The Morgan fingerprint density at radius 1 is 0.192 bits per heavy atom. The molecule has 490 valence electrons. The fraction of sp³-hybridized carbons (Fsp3) is 0. The van der Waals surface area contributed by atoms with Crippen LogP contribution in [-0.4, -0.2) is 29.9 Å². The third kappa shape index (κ3) is 14.1. The van der Waals surface area contributed by atoms with Crippen molar-refractivity contribution in [1.82, 2.24) is 29.9 Å². The first kappa shape index (κ1) is 67.4. The minimum absolute atomic E-state index is 0. The van der Waals surface area contributed by atoms with E-state index in [9.17, 15) is 0 Å². The number of nitrogens with zero attached hydrogens (tertiary/aromatic N) is 6. The van der Waals surface area contributed by atoms with Crippen LogP contribution in [0.3, 0.4) is 0 Å². The van der Waals surface area contributed by atoms with Gasteiger partial charge in [-0.25, -0.2) is 17.7 Å². The first-order valence-electron chi connectivity index (χ1n) is 33.8. The average Bonchev–Trinajstić information content (AvgIpc) is 0.759. The summed E-state index contributed by atoms with van der Waals surface area (Å²) in [4.78, 5) is 27.9. The first-order chi connectivity index (χ1) is 50.6. The summed E-state index contributed by atoms with van der Waals surface area (Å²) < 4.78 is 0. The van der Waals surface area contributed by atoms with Crippen molar-refractivity contribution in [1.29, 1.82) is 0 Å². The second-order valence-corrected chi connectivity index (χ2v) is 24.8. The molecule has 8 heteroatoms. The summed E-state index contributed by atoms with van der Waals surface area (Å²) in [6.45, 7) is 0. The number of hydrogen-bond acceptors (Lipinski definition) is 6. The first-order valence-corrected chi connectivity index (χ1v) is 33.8. The molecule has 0 amide bonds. The Kier molecular flexibility index (Phi) is 20.0. The van der Waals surface area contributed by atoms with Gasteiger partial charge in [-0.3, -0.25) is 12.1 Å². The van der Waals surface area contributed by atoms with E-state index in [1.54, 1.807) is 12.4 Å². The van der Waals surface area contributed by atoms with E-state index in [0.717, 1.165) is 167 Å². The van der Waals surface area contributed by atoms with Crippen molar-refractivity contribution in [2.24, 2.45) is 0 Å². The topological polar surface area (TPSA) is 77.3 Å². The molecule has 0 aliphatic heterocycles. The van der Waals surface area contributed by atoms with Gasteiger partial charge < -0.3 is 29.9 Å². The molecule has 6 nitrogen and oxygen atoms in total. The number of rotatable bonds is 16. The summed E-state index contributed by atoms with van der Waals surface area (Å²) in [6, 6.07) is 132. The van der Waals surface area contributed by atoms with Crippen molar-refractivity contribution >= 4 is 0 Å². The van der Waals surface area contributed by atoms with Crippen molar-refractivity contribution < 1.29 is 39.6 Å². The summed E-state index contributed by atoms with van der Waals surface area (Å²) in [6.07, 6.45) is 10.8. The molecule has 0 aliphatic rings. The molecule has 0 aliphatic carbocycles. The van der Waals surface area contributed by atoms with Crippen LogP contribution in [0.25, 0.3) is 179 Å². The van der Waals surface area contributed by atoms with Gasteiger partial charge in [0.05, 0.1) is 0 Å². The van der Waals surface area contributed by atoms with E-state index in [4.69, 9.17) is 0 Å². The normalized spacial score (nSPS) is 10.9. The number of hydrogen-bond donors (Lipinski definition) is 0. The van der Waals surface area contributed by atoms with Crippen LogP contribution in [0.4, 0.5) is 0 Å². The van der Waals surface area contributed by atoms with E-state index in [1.165, 1.54) is 0 Å². The average molecular weight is 1590 g/mol. The second kappa shape index (κ2) is 30.8. The molecular weight excluding hydrogens is 1530 g/mol. The summed E-state index contributed by atoms with van der Waals surface area (Å²) in [5.74, 6) is 0.544. The van der Waals surface area contributed by atoms with Crippen LogP contribution in [-0.2, 0) is 39.6 Å². The van der Waals surface area contributed by atoms with E-state index in [2.05, 4.69) is 303 Å². The smallest absolute Gasteiger partial charge is 0.333 e. The summed E-state index contributed by atoms with van der Waals surface area (Å²) >= 11 is 0. The molecule has 0 bridgehead atoms. The molecule has 17 rings (SSSR count). The molecular formula is C96H58IrN6Rh. The molecule has 0 N–H and O–H groups in total. The van der Waals surface area contributed by atoms with Gasteiger partial charge >= 0.3 is 39.6 Å². The maximum atomic E-state index is 4.65. The predicted octanol–water partition coefficient (Wildman–Crippen LogP) is 23.5. The molecule has 12 aromatic carbocycles. The Morgan fingerprint density at radius 2 is 0.433 bits per heavy atom. The zero-order chi connectivity index (χ0) is 68.0. The molecule has 5 heterocycles. The van der Waals surface area contributed by atoms with Crippen molar-refractivity contribution in [3.8, 4) is 179 Å². The number of benzene rings is 12. The van der Waals surface area contributed by atoms with Crippen LogP contribution in [0, 0.1) is 36.4 Å². The second-order valence-electron chi connectivity index (χ2n) is 24.8. The Bertz CT molecular complexity index is 5200. The van der Waals surface area contributed by atoms with Gasteiger partial charge in [0.2, 0.25) is 0 Å². The quantitative estimate of drug-likeness (QED) is 0.0709. The van der Waals surface area contributed by atoms with E-state index in [0.29, 0.717) is 11.4 Å². The Hall–Kier alpha value is -12.4. The molecule has 0 saturated carbocycles. The number of aromatic nitrogens is 6. The zero-order valence-electron chi connectivity index (χ0n) is 55.8. The standard InChI is InChI=1S/C96H58N6.Ir.Rh/c1-5-23-85(81(19-1)65-33-41-69(42-34-65)91-29-9-13-53-97-91)75-59-76(86-24-6-2-20-82(86)66-35-43-70(44-36-66)92-30-10-14-54-98-92)62-79(61-75)89-27-17-28-90(95(89)73-49-51-74(52-50-73)96-101-57-18-58-102-96)80-63-77(87-25-7-3-21-83(87)67-37-45-71(46-38-67)93-31-11-15-55-99-93)60-78(64-80)88-26-8-4-22-84(88)68-39-47-72(48-40-68)94-32-12-16-56-100-94;;/h1-41,43,45,47,49-50,53-64H;;/q-6;2*+3. The number of pyridine rings is 4. The van der Waals surface area contributed by atoms with Crippen molar-refractivity contribution in [2.45, 2.75) is 0 Å². The summed E-state index contributed by atoms with van der Waals surface area (Å²) in [5, 5.41) is 0. The predicted molar refractivity (Wildman–Crippen MR) is 413 cm³/mol. The van der Waals surface area contributed by atoms with Crippen LogP contribution in [0.15, 0.2) is 353 Å². The zero-order valence-corrected chi connectivity index (χ0v) is 59.9. The Morgan fingerprint density at radius 3 is 0.692 bits per heavy atom. The van der Waals surface area contributed by atoms with E-state index < -0.39 is 0 Å². The van der Waals surface area contributed by atoms with Gasteiger partial charge in [-0.2, -0.15) is 5.56 Å². The summed E-state index contributed by atoms with van der Waals surface area (Å²) in [5.41, 5.74) is 30.7. The van der Waals surface area contributed by atoms with Crippen molar-refractivity contribution in [3.63, 3.8) is 0 Å².